The number of benzene rings is 3. The summed E-state index contributed by atoms with van der Waals surface area (Å²) in [5, 5.41) is 17.2. The fourth-order valence-corrected chi connectivity index (χ4v) is 5.89. The number of para-hydroxylation sites is 1. The fraction of sp³-hybridized carbons (Fsp3) is 0.290. The average molecular weight is 561 g/mol. The number of hydrogen-bond acceptors (Lipinski definition) is 5. The van der Waals surface area contributed by atoms with Crippen LogP contribution in [-0.4, -0.2) is 66.5 Å². The summed E-state index contributed by atoms with van der Waals surface area (Å²) in [6.45, 7) is 5.36. The molecule has 0 unspecified atom stereocenters. The molecule has 3 aromatic carbocycles. The molecule has 0 spiro atoms. The molecule has 1 aliphatic heterocycles. The molecule has 41 heavy (non-hydrogen) atoms. The quantitative estimate of drug-likeness (QED) is 0.297. The first kappa shape index (κ1) is 27.2. The van der Waals surface area contributed by atoms with E-state index in [0.29, 0.717) is 13.1 Å². The Kier molecular flexibility index (Phi) is 7.37. The van der Waals surface area contributed by atoms with Crippen LogP contribution in [0.15, 0.2) is 85.6 Å². The Morgan fingerprint density at radius 3 is 2.37 bits per heavy atom. The van der Waals surface area contributed by atoms with Crippen LogP contribution >= 0.6 is 0 Å². The van der Waals surface area contributed by atoms with Crippen molar-refractivity contribution in [2.45, 2.75) is 31.7 Å². The molecule has 0 aliphatic carbocycles. The van der Waals surface area contributed by atoms with Gasteiger partial charge in [0.05, 0.1) is 12.1 Å². The van der Waals surface area contributed by atoms with Gasteiger partial charge in [0.15, 0.2) is 0 Å². The summed E-state index contributed by atoms with van der Waals surface area (Å²) in [6, 6.07) is 17.4. The molecule has 2 aromatic heterocycles. The van der Waals surface area contributed by atoms with Crippen molar-refractivity contribution in [1.29, 1.82) is 0 Å². The van der Waals surface area contributed by atoms with Crippen molar-refractivity contribution in [3.05, 3.63) is 114 Å². The Balaban J connectivity index is 1.20. The van der Waals surface area contributed by atoms with Crippen LogP contribution in [-0.2, 0) is 18.7 Å². The molecule has 5 aromatic rings. The van der Waals surface area contributed by atoms with E-state index in [1.165, 1.54) is 41.1 Å². The van der Waals surface area contributed by atoms with Gasteiger partial charge in [0, 0.05) is 67.7 Å². The molecule has 10 heteroatoms. The summed E-state index contributed by atoms with van der Waals surface area (Å²) in [6.07, 6.45) is 4.94. The van der Waals surface area contributed by atoms with Crippen LogP contribution in [0.5, 0.6) is 0 Å². The lowest BCUT2D eigenvalue weighted by Crippen LogP contribution is -2.57. The molecule has 3 heterocycles. The first-order valence-electron chi connectivity index (χ1n) is 13.6. The minimum atomic E-state index is -1.67. The normalized spacial score (nSPS) is 17.1. The molecule has 1 fully saturated rings. The van der Waals surface area contributed by atoms with E-state index in [9.17, 15) is 18.3 Å². The molecule has 6 rings (SSSR count). The number of fused-ring (bicyclic) bond motifs is 1. The molecule has 1 saturated heterocycles. The summed E-state index contributed by atoms with van der Waals surface area (Å²) in [5.41, 5.74) is 1.48. The van der Waals surface area contributed by atoms with Gasteiger partial charge in [-0.1, -0.05) is 24.3 Å². The highest BCUT2D eigenvalue weighted by Crippen LogP contribution is 2.34. The van der Waals surface area contributed by atoms with Crippen LogP contribution in [0.1, 0.15) is 18.1 Å². The molecule has 1 N–H and O–H groups in total. The fourth-order valence-electron chi connectivity index (χ4n) is 5.89. The predicted molar refractivity (Wildman–Crippen MR) is 150 cm³/mol. The summed E-state index contributed by atoms with van der Waals surface area (Å²) < 4.78 is 45.8. The second kappa shape index (κ2) is 11.1. The van der Waals surface area contributed by atoms with E-state index in [0.717, 1.165) is 48.4 Å². The SMILES string of the molecule is C[C@@H](N1CCN(Cc2cn(-c3ccc(F)cc3)c3ccccc23)CC1)[C@](O)(Cn1cncn1)c1ccc(F)cc1F. The smallest absolute Gasteiger partial charge is 0.137 e. The first-order valence-corrected chi connectivity index (χ1v) is 13.6. The van der Waals surface area contributed by atoms with E-state index >= 15 is 0 Å². The monoisotopic (exact) mass is 560 g/mol. The van der Waals surface area contributed by atoms with Gasteiger partial charge in [-0.15, -0.1) is 0 Å². The third-order valence-electron chi connectivity index (χ3n) is 8.21. The third kappa shape index (κ3) is 5.38. The number of piperazine rings is 1. The lowest BCUT2D eigenvalue weighted by Gasteiger charge is -2.45. The Morgan fingerprint density at radius 1 is 0.927 bits per heavy atom. The Morgan fingerprint density at radius 2 is 1.66 bits per heavy atom. The van der Waals surface area contributed by atoms with Crippen molar-refractivity contribution < 1.29 is 18.3 Å². The maximum atomic E-state index is 15.0. The summed E-state index contributed by atoms with van der Waals surface area (Å²) in [4.78, 5) is 8.45. The predicted octanol–water partition coefficient (Wildman–Crippen LogP) is 4.73. The Bertz CT molecular complexity index is 1630. The van der Waals surface area contributed by atoms with Crippen molar-refractivity contribution in [2.75, 3.05) is 26.2 Å². The molecular formula is C31H31F3N6O. The van der Waals surface area contributed by atoms with Crippen molar-refractivity contribution in [3.63, 3.8) is 0 Å². The second-order valence-corrected chi connectivity index (χ2v) is 10.6. The van der Waals surface area contributed by atoms with Gasteiger partial charge in [-0.05, 0) is 48.9 Å². The molecule has 212 valence electrons. The maximum Gasteiger partial charge on any atom is 0.137 e. The van der Waals surface area contributed by atoms with E-state index in [4.69, 9.17) is 0 Å². The molecular weight excluding hydrogens is 529 g/mol. The van der Waals surface area contributed by atoms with Crippen LogP contribution < -0.4 is 0 Å². The third-order valence-corrected chi connectivity index (χ3v) is 8.21. The average Bonchev–Trinajstić information content (AvgIpc) is 3.61. The highest BCUT2D eigenvalue weighted by molar-refractivity contribution is 5.85. The van der Waals surface area contributed by atoms with E-state index in [-0.39, 0.29) is 17.9 Å². The first-order chi connectivity index (χ1) is 19.8. The van der Waals surface area contributed by atoms with Gasteiger partial charge in [-0.2, -0.15) is 5.10 Å². The Labute approximate surface area is 236 Å². The molecule has 0 bridgehead atoms. The minimum Gasteiger partial charge on any atom is -0.381 e. The van der Waals surface area contributed by atoms with Gasteiger partial charge in [0.2, 0.25) is 0 Å². The molecule has 0 saturated carbocycles. The highest BCUT2D eigenvalue weighted by Gasteiger charge is 2.42. The lowest BCUT2D eigenvalue weighted by molar-refractivity contribution is -0.0743. The van der Waals surface area contributed by atoms with Crippen molar-refractivity contribution >= 4 is 10.9 Å². The van der Waals surface area contributed by atoms with Gasteiger partial charge in [-0.3, -0.25) is 9.80 Å². The number of rotatable bonds is 8. The van der Waals surface area contributed by atoms with E-state index in [2.05, 4.69) is 42.8 Å². The number of nitrogens with zero attached hydrogens (tertiary/aromatic N) is 6. The number of halogens is 3. The van der Waals surface area contributed by atoms with Crippen LogP contribution in [0.25, 0.3) is 16.6 Å². The minimum absolute atomic E-state index is 0.0259. The number of aromatic nitrogens is 4. The topological polar surface area (TPSA) is 62.4 Å². The molecule has 7 nitrogen and oxygen atoms in total. The van der Waals surface area contributed by atoms with Gasteiger partial charge < -0.3 is 9.67 Å². The molecule has 1 aliphatic rings. The van der Waals surface area contributed by atoms with Gasteiger partial charge in [0.1, 0.15) is 35.7 Å². The van der Waals surface area contributed by atoms with Crippen molar-refractivity contribution in [1.82, 2.24) is 29.1 Å². The zero-order valence-electron chi connectivity index (χ0n) is 22.7. The summed E-state index contributed by atoms with van der Waals surface area (Å²) in [7, 11) is 0. The van der Waals surface area contributed by atoms with Gasteiger partial charge in [0.25, 0.3) is 0 Å². The van der Waals surface area contributed by atoms with Crippen molar-refractivity contribution in [3.8, 4) is 5.69 Å². The van der Waals surface area contributed by atoms with Gasteiger partial charge >= 0.3 is 0 Å². The summed E-state index contributed by atoms with van der Waals surface area (Å²) >= 11 is 0. The van der Waals surface area contributed by atoms with Crippen LogP contribution in [0, 0.1) is 17.5 Å². The largest absolute Gasteiger partial charge is 0.381 e. The lowest BCUT2D eigenvalue weighted by atomic mass is 9.85. The Hall–Kier alpha value is -3.99. The highest BCUT2D eigenvalue weighted by atomic mass is 19.1. The zero-order chi connectivity index (χ0) is 28.6. The number of hydrogen-bond donors (Lipinski definition) is 1. The van der Waals surface area contributed by atoms with Crippen LogP contribution in [0.4, 0.5) is 13.2 Å². The standard InChI is InChI=1S/C31H31F3N6O/c1-22(31(41,19-39-21-35-20-36-39)28-11-8-25(33)16-29(28)34)38-14-12-37(13-15-38)17-23-18-40(26-9-6-24(32)7-10-26)30-5-3-2-4-27(23)30/h2-11,16,18,20-22,41H,12-15,17,19H2,1H3/t22-,31-/m1/s1. The molecule has 2 atom stereocenters. The molecule has 0 radical (unpaired) electrons. The zero-order valence-corrected chi connectivity index (χ0v) is 22.7. The summed E-state index contributed by atoms with van der Waals surface area (Å²) in [5.74, 6) is -1.76. The van der Waals surface area contributed by atoms with Gasteiger partial charge in [-0.25, -0.2) is 22.8 Å². The van der Waals surface area contributed by atoms with Crippen molar-refractivity contribution in [2.24, 2.45) is 0 Å². The maximum absolute atomic E-state index is 15.0. The van der Waals surface area contributed by atoms with E-state index in [1.54, 1.807) is 12.1 Å². The van der Waals surface area contributed by atoms with E-state index in [1.807, 2.05) is 19.1 Å². The van der Waals surface area contributed by atoms with E-state index < -0.39 is 23.3 Å². The number of aliphatic hydroxyl groups is 1. The molecule has 0 amide bonds. The van der Waals surface area contributed by atoms with Crippen LogP contribution in [0.3, 0.4) is 0 Å². The second-order valence-electron chi connectivity index (χ2n) is 10.6. The van der Waals surface area contributed by atoms with Crippen LogP contribution in [0.2, 0.25) is 0 Å².